The van der Waals surface area contributed by atoms with Crippen molar-refractivity contribution in [1.82, 2.24) is 34.8 Å². The number of nitrogens with zero attached hydrogens (tertiary/aromatic N) is 7. The van der Waals surface area contributed by atoms with Crippen LogP contribution in [0, 0.1) is 23.7 Å². The van der Waals surface area contributed by atoms with Crippen molar-refractivity contribution in [2.75, 3.05) is 36.9 Å². The highest BCUT2D eigenvalue weighted by Gasteiger charge is 2.42. The molecule has 2 aliphatic rings. The number of rotatable bonds is 9. The summed E-state index contributed by atoms with van der Waals surface area (Å²) < 4.78 is 13.9. The summed E-state index contributed by atoms with van der Waals surface area (Å²) >= 11 is 0. The van der Waals surface area contributed by atoms with Crippen LogP contribution >= 0.6 is 0 Å². The molecule has 4 heterocycles. The third kappa shape index (κ3) is 7.03. The first kappa shape index (κ1) is 28.1. The molecule has 3 N–H and O–H groups in total. The molecular formula is C29H37N9O3. The fourth-order valence-electron chi connectivity index (χ4n) is 4.51. The van der Waals surface area contributed by atoms with E-state index in [-0.39, 0.29) is 23.2 Å². The molecule has 0 radical (unpaired) electrons. The number of amides is 1. The molecule has 216 valence electrons. The average Bonchev–Trinajstić information content (AvgIpc) is 3.61. The standard InChI is InChI=1S/C29H37N9O3/c1-6-29(9-10-29)17-41-27-34-24(25(39)36-28(2,3)4)33-26(35-27)38-11-7-19(8-12-38)16-40-22-13-20(14-31-23(22)30)21-15-37(5)18-32-21/h1,13-15,18-19H,7-12,16-17H2,2-5H3,(H2,30,31)(H,36,39). The third-order valence-corrected chi connectivity index (χ3v) is 7.19. The minimum absolute atomic E-state index is 0.0201. The summed E-state index contributed by atoms with van der Waals surface area (Å²) in [6, 6.07) is 1.99. The summed E-state index contributed by atoms with van der Waals surface area (Å²) in [4.78, 5) is 37.0. The molecule has 1 saturated carbocycles. The number of carbonyl (C=O) groups excluding carboxylic acids is 1. The maximum Gasteiger partial charge on any atom is 0.322 e. The Morgan fingerprint density at radius 3 is 2.59 bits per heavy atom. The van der Waals surface area contributed by atoms with Crippen LogP contribution in [0.25, 0.3) is 11.3 Å². The summed E-state index contributed by atoms with van der Waals surface area (Å²) in [6.45, 7) is 7.90. The van der Waals surface area contributed by atoms with Gasteiger partial charge in [-0.1, -0.05) is 5.92 Å². The molecule has 12 nitrogen and oxygen atoms in total. The first-order valence-electron chi connectivity index (χ1n) is 13.8. The predicted molar refractivity (Wildman–Crippen MR) is 154 cm³/mol. The summed E-state index contributed by atoms with van der Waals surface area (Å²) in [5, 5.41) is 2.91. The van der Waals surface area contributed by atoms with E-state index in [0.717, 1.165) is 36.9 Å². The van der Waals surface area contributed by atoms with E-state index >= 15 is 0 Å². The molecule has 3 aromatic heterocycles. The maximum atomic E-state index is 12.9. The van der Waals surface area contributed by atoms with Crippen molar-refractivity contribution < 1.29 is 14.3 Å². The number of aromatic nitrogens is 6. The first-order valence-corrected chi connectivity index (χ1v) is 13.8. The van der Waals surface area contributed by atoms with E-state index in [2.05, 4.69) is 36.2 Å². The van der Waals surface area contributed by atoms with E-state index in [1.807, 2.05) is 49.5 Å². The van der Waals surface area contributed by atoms with Gasteiger partial charge in [0.1, 0.15) is 6.61 Å². The number of hydrogen-bond donors (Lipinski definition) is 2. The van der Waals surface area contributed by atoms with Gasteiger partial charge in [-0.3, -0.25) is 4.79 Å². The normalized spacial score (nSPS) is 16.6. The van der Waals surface area contributed by atoms with Crippen molar-refractivity contribution in [1.29, 1.82) is 0 Å². The van der Waals surface area contributed by atoms with Crippen molar-refractivity contribution in [3.63, 3.8) is 0 Å². The van der Waals surface area contributed by atoms with Gasteiger partial charge in [0.2, 0.25) is 11.8 Å². The monoisotopic (exact) mass is 559 g/mol. The first-order chi connectivity index (χ1) is 19.5. The van der Waals surface area contributed by atoms with Crippen molar-refractivity contribution >= 4 is 17.7 Å². The van der Waals surface area contributed by atoms with Crippen LogP contribution in [-0.2, 0) is 7.05 Å². The van der Waals surface area contributed by atoms with E-state index < -0.39 is 5.54 Å². The third-order valence-electron chi connectivity index (χ3n) is 7.19. The quantitative estimate of drug-likeness (QED) is 0.375. The van der Waals surface area contributed by atoms with Gasteiger partial charge < -0.3 is 30.0 Å². The largest absolute Gasteiger partial charge is 0.489 e. The summed E-state index contributed by atoms with van der Waals surface area (Å²) in [7, 11) is 1.92. The van der Waals surface area contributed by atoms with Crippen LogP contribution in [-0.4, -0.2) is 67.2 Å². The smallest absolute Gasteiger partial charge is 0.322 e. The zero-order valence-electron chi connectivity index (χ0n) is 24.1. The van der Waals surface area contributed by atoms with Crippen LogP contribution in [0.15, 0.2) is 24.8 Å². The molecule has 3 aromatic rings. The number of nitrogens with two attached hydrogens (primary N) is 1. The Hall–Kier alpha value is -4.40. The molecule has 0 atom stereocenters. The number of aryl methyl sites for hydroxylation is 1. The van der Waals surface area contributed by atoms with Gasteiger partial charge in [-0.2, -0.15) is 15.0 Å². The van der Waals surface area contributed by atoms with Gasteiger partial charge in [0.15, 0.2) is 11.6 Å². The highest BCUT2D eigenvalue weighted by Crippen LogP contribution is 2.44. The number of carbonyl (C=O) groups is 1. The number of nitrogens with one attached hydrogen (secondary N) is 1. The van der Waals surface area contributed by atoms with E-state index in [0.29, 0.717) is 49.7 Å². The maximum absolute atomic E-state index is 12.9. The number of anilines is 2. The zero-order chi connectivity index (χ0) is 29.2. The molecular weight excluding hydrogens is 522 g/mol. The molecule has 1 aliphatic carbocycles. The number of hydrogen-bond acceptors (Lipinski definition) is 10. The van der Waals surface area contributed by atoms with Crippen LogP contribution < -0.4 is 25.4 Å². The average molecular weight is 560 g/mol. The SMILES string of the molecule is C#CC1(COc2nc(C(=O)NC(C)(C)C)nc(N3CCC(COc4cc(-c5cn(C)cn5)cnc4N)CC3)n2)CC1. The molecule has 0 spiro atoms. The number of nitrogen functional groups attached to an aromatic ring is 1. The minimum Gasteiger partial charge on any atom is -0.489 e. The van der Waals surface area contributed by atoms with Crippen molar-refractivity contribution in [3.05, 3.63) is 30.6 Å². The number of piperidine rings is 1. The lowest BCUT2D eigenvalue weighted by molar-refractivity contribution is 0.0906. The van der Waals surface area contributed by atoms with E-state index in [1.54, 1.807) is 12.5 Å². The van der Waals surface area contributed by atoms with Gasteiger partial charge >= 0.3 is 6.01 Å². The van der Waals surface area contributed by atoms with Gasteiger partial charge in [-0.05, 0) is 58.4 Å². The lowest BCUT2D eigenvalue weighted by atomic mass is 9.98. The summed E-state index contributed by atoms with van der Waals surface area (Å²) in [5.74, 6) is 4.04. The molecule has 5 rings (SSSR count). The molecule has 0 unspecified atom stereocenters. The lowest BCUT2D eigenvalue weighted by Gasteiger charge is -2.32. The second-order valence-electron chi connectivity index (χ2n) is 11.9. The molecule has 1 aliphatic heterocycles. The fraction of sp³-hybridized carbons (Fsp3) is 0.517. The van der Waals surface area contributed by atoms with Crippen molar-refractivity contribution in [2.24, 2.45) is 18.4 Å². The van der Waals surface area contributed by atoms with Crippen LogP contribution in [0.1, 0.15) is 57.1 Å². The minimum atomic E-state index is -0.444. The number of imidazole rings is 1. The van der Waals surface area contributed by atoms with Crippen molar-refractivity contribution in [2.45, 2.75) is 52.0 Å². The second kappa shape index (κ2) is 11.2. The Morgan fingerprint density at radius 1 is 1.20 bits per heavy atom. The van der Waals surface area contributed by atoms with Crippen LogP contribution in [0.5, 0.6) is 11.8 Å². The van der Waals surface area contributed by atoms with E-state index in [9.17, 15) is 4.79 Å². The molecule has 2 fully saturated rings. The highest BCUT2D eigenvalue weighted by molar-refractivity contribution is 5.91. The van der Waals surface area contributed by atoms with Crippen LogP contribution in [0.3, 0.4) is 0 Å². The molecule has 1 saturated heterocycles. The Bertz CT molecular complexity index is 1440. The summed E-state index contributed by atoms with van der Waals surface area (Å²) in [6.07, 6.45) is 14.5. The van der Waals surface area contributed by atoms with E-state index in [1.165, 1.54) is 0 Å². The Kier molecular flexibility index (Phi) is 7.71. The van der Waals surface area contributed by atoms with Gasteiger partial charge in [0.05, 0.1) is 24.0 Å². The van der Waals surface area contributed by atoms with Gasteiger partial charge in [0.25, 0.3) is 5.91 Å². The molecule has 12 heteroatoms. The Labute approximate surface area is 240 Å². The number of pyridine rings is 1. The van der Waals surface area contributed by atoms with Gasteiger partial charge in [0, 0.05) is 43.6 Å². The molecule has 0 aromatic carbocycles. The fourth-order valence-corrected chi connectivity index (χ4v) is 4.51. The topological polar surface area (TPSA) is 146 Å². The predicted octanol–water partition coefficient (Wildman–Crippen LogP) is 2.87. The molecule has 1 amide bonds. The molecule has 0 bridgehead atoms. The Morgan fingerprint density at radius 2 is 1.95 bits per heavy atom. The number of terminal acetylenes is 1. The van der Waals surface area contributed by atoms with E-state index in [4.69, 9.17) is 21.6 Å². The molecule has 41 heavy (non-hydrogen) atoms. The summed E-state index contributed by atoms with van der Waals surface area (Å²) in [5.41, 5.74) is 7.03. The lowest BCUT2D eigenvalue weighted by Crippen LogP contribution is -2.42. The Balaban J connectivity index is 1.23. The van der Waals surface area contributed by atoms with Crippen molar-refractivity contribution in [3.8, 4) is 35.4 Å². The van der Waals surface area contributed by atoms with Gasteiger partial charge in [-0.25, -0.2) is 9.97 Å². The van der Waals surface area contributed by atoms with Crippen LogP contribution in [0.2, 0.25) is 0 Å². The van der Waals surface area contributed by atoms with Crippen LogP contribution in [0.4, 0.5) is 11.8 Å². The second-order valence-corrected chi connectivity index (χ2v) is 11.9. The highest BCUT2D eigenvalue weighted by atomic mass is 16.5. The number of ether oxygens (including phenoxy) is 2. The van der Waals surface area contributed by atoms with Gasteiger partial charge in [-0.15, -0.1) is 6.42 Å². The zero-order valence-corrected chi connectivity index (χ0v) is 24.1.